The molecule has 2 aromatic rings. The molecule has 108 valence electrons. The Kier molecular flexibility index (Phi) is 5.20. The monoisotopic (exact) mass is 290 g/mol. The fourth-order valence-corrected chi connectivity index (χ4v) is 2.96. The van der Waals surface area contributed by atoms with E-state index >= 15 is 0 Å². The number of thiazole rings is 1. The molecule has 2 aromatic heterocycles. The van der Waals surface area contributed by atoms with Gasteiger partial charge in [0.1, 0.15) is 0 Å². The molecule has 0 radical (unpaired) electrons. The summed E-state index contributed by atoms with van der Waals surface area (Å²) in [5.41, 5.74) is 3.08. The minimum absolute atomic E-state index is 0.188. The summed E-state index contributed by atoms with van der Waals surface area (Å²) in [7, 11) is 0. The van der Waals surface area contributed by atoms with E-state index in [0.717, 1.165) is 41.5 Å². The van der Waals surface area contributed by atoms with E-state index in [0.29, 0.717) is 0 Å². The Hall–Kier alpha value is -1.33. The number of nitrogens with one attached hydrogen (secondary N) is 1. The van der Waals surface area contributed by atoms with Crippen molar-refractivity contribution in [2.24, 2.45) is 0 Å². The molecule has 2 rings (SSSR count). The summed E-state index contributed by atoms with van der Waals surface area (Å²) in [6, 6.07) is 0.188. The lowest BCUT2D eigenvalue weighted by Crippen LogP contribution is -2.25. The van der Waals surface area contributed by atoms with Gasteiger partial charge in [-0.25, -0.2) is 4.98 Å². The molecule has 0 aliphatic rings. The van der Waals surface area contributed by atoms with Gasteiger partial charge in [0.25, 0.3) is 0 Å². The quantitative estimate of drug-likeness (QED) is 0.888. The molecule has 5 heteroatoms. The van der Waals surface area contributed by atoms with Crippen LogP contribution in [-0.4, -0.2) is 21.5 Å². The first-order valence-corrected chi connectivity index (χ1v) is 7.86. The zero-order valence-electron chi connectivity index (χ0n) is 12.6. The van der Waals surface area contributed by atoms with E-state index in [1.165, 1.54) is 4.88 Å². The Bertz CT molecular complexity index is 528. The largest absolute Gasteiger partial charge is 0.308 e. The average Bonchev–Trinajstić information content (AvgIpc) is 2.74. The fraction of sp³-hybridized carbons (Fsp3) is 0.533. The van der Waals surface area contributed by atoms with Crippen LogP contribution >= 0.6 is 11.3 Å². The van der Waals surface area contributed by atoms with E-state index in [-0.39, 0.29) is 6.04 Å². The second kappa shape index (κ2) is 6.90. The van der Waals surface area contributed by atoms with Crippen molar-refractivity contribution in [3.05, 3.63) is 39.4 Å². The van der Waals surface area contributed by atoms with Crippen molar-refractivity contribution in [2.45, 2.75) is 46.6 Å². The number of aryl methyl sites for hydroxylation is 3. The molecule has 1 N–H and O–H groups in total. The van der Waals surface area contributed by atoms with Gasteiger partial charge in [-0.1, -0.05) is 6.92 Å². The van der Waals surface area contributed by atoms with Gasteiger partial charge < -0.3 is 5.32 Å². The van der Waals surface area contributed by atoms with Crippen molar-refractivity contribution in [2.75, 3.05) is 6.54 Å². The summed E-state index contributed by atoms with van der Waals surface area (Å²) in [6.45, 7) is 9.29. The second-order valence-electron chi connectivity index (χ2n) is 5.04. The van der Waals surface area contributed by atoms with Gasteiger partial charge in [-0.05, 0) is 33.7 Å². The first kappa shape index (κ1) is 15.1. The average molecular weight is 290 g/mol. The zero-order chi connectivity index (χ0) is 14.5. The highest BCUT2D eigenvalue weighted by atomic mass is 32.1. The fourth-order valence-electron chi connectivity index (χ4n) is 1.98. The molecule has 20 heavy (non-hydrogen) atoms. The van der Waals surface area contributed by atoms with Crippen molar-refractivity contribution < 1.29 is 0 Å². The molecular formula is C15H22N4S. The maximum Gasteiger partial charge on any atom is 0.0950 e. The molecule has 0 saturated heterocycles. The summed E-state index contributed by atoms with van der Waals surface area (Å²) in [6.07, 6.45) is 5.67. The van der Waals surface area contributed by atoms with Gasteiger partial charge in [0.05, 0.1) is 34.3 Å². The molecule has 0 amide bonds. The number of aromatic nitrogens is 3. The molecule has 0 bridgehead atoms. The number of hydrogen-bond donors (Lipinski definition) is 1. The first-order chi connectivity index (χ1) is 9.60. The van der Waals surface area contributed by atoms with Gasteiger partial charge in [0.15, 0.2) is 0 Å². The number of rotatable bonds is 6. The Morgan fingerprint density at radius 3 is 2.55 bits per heavy atom. The van der Waals surface area contributed by atoms with Crippen LogP contribution in [0, 0.1) is 20.8 Å². The zero-order valence-corrected chi connectivity index (χ0v) is 13.4. The number of nitrogens with zero attached hydrogens (tertiary/aromatic N) is 3. The van der Waals surface area contributed by atoms with Crippen LogP contribution in [0.5, 0.6) is 0 Å². The van der Waals surface area contributed by atoms with Crippen LogP contribution in [0.3, 0.4) is 0 Å². The lowest BCUT2D eigenvalue weighted by atomic mass is 10.1. The molecule has 2 heterocycles. The molecule has 0 fully saturated rings. The Morgan fingerprint density at radius 1 is 1.20 bits per heavy atom. The van der Waals surface area contributed by atoms with Gasteiger partial charge in [0.2, 0.25) is 0 Å². The van der Waals surface area contributed by atoms with E-state index in [1.807, 2.05) is 19.3 Å². The predicted molar refractivity (Wildman–Crippen MR) is 83.1 cm³/mol. The maximum atomic E-state index is 4.63. The smallest absolute Gasteiger partial charge is 0.0950 e. The van der Waals surface area contributed by atoms with Gasteiger partial charge in [-0.2, -0.15) is 0 Å². The van der Waals surface area contributed by atoms with E-state index in [1.54, 1.807) is 11.3 Å². The van der Waals surface area contributed by atoms with Crippen molar-refractivity contribution in [3.63, 3.8) is 0 Å². The van der Waals surface area contributed by atoms with Gasteiger partial charge in [-0.15, -0.1) is 11.3 Å². The van der Waals surface area contributed by atoms with Gasteiger partial charge in [-0.3, -0.25) is 9.97 Å². The second-order valence-corrected chi connectivity index (χ2v) is 6.33. The Morgan fingerprint density at radius 2 is 2.00 bits per heavy atom. The highest BCUT2D eigenvalue weighted by Gasteiger charge is 2.16. The van der Waals surface area contributed by atoms with Crippen LogP contribution in [0.1, 0.15) is 46.4 Å². The van der Waals surface area contributed by atoms with E-state index < -0.39 is 0 Å². The van der Waals surface area contributed by atoms with Crippen LogP contribution in [0.15, 0.2) is 12.4 Å². The van der Waals surface area contributed by atoms with Crippen LogP contribution in [0.4, 0.5) is 0 Å². The number of hydrogen-bond acceptors (Lipinski definition) is 5. The lowest BCUT2D eigenvalue weighted by molar-refractivity contribution is 0.514. The molecule has 0 aliphatic heterocycles. The van der Waals surface area contributed by atoms with Crippen LogP contribution < -0.4 is 5.32 Å². The molecule has 1 unspecified atom stereocenters. The predicted octanol–water partition coefficient (Wildman–Crippen LogP) is 3.14. The Balaban J connectivity index is 2.16. The minimum Gasteiger partial charge on any atom is -0.308 e. The van der Waals surface area contributed by atoms with Gasteiger partial charge >= 0.3 is 0 Å². The molecule has 4 nitrogen and oxygen atoms in total. The van der Waals surface area contributed by atoms with Crippen molar-refractivity contribution in [1.82, 2.24) is 20.3 Å². The van der Waals surface area contributed by atoms with Gasteiger partial charge in [0, 0.05) is 17.5 Å². The third-order valence-electron chi connectivity index (χ3n) is 3.25. The van der Waals surface area contributed by atoms with Crippen molar-refractivity contribution in [1.29, 1.82) is 0 Å². The van der Waals surface area contributed by atoms with E-state index in [2.05, 4.69) is 41.0 Å². The van der Waals surface area contributed by atoms with Crippen molar-refractivity contribution >= 4 is 11.3 Å². The summed E-state index contributed by atoms with van der Waals surface area (Å²) in [5, 5.41) is 4.71. The lowest BCUT2D eigenvalue weighted by Gasteiger charge is -2.16. The summed E-state index contributed by atoms with van der Waals surface area (Å²) in [5.74, 6) is 0. The van der Waals surface area contributed by atoms with Crippen molar-refractivity contribution in [3.8, 4) is 0 Å². The first-order valence-electron chi connectivity index (χ1n) is 7.05. The highest BCUT2D eigenvalue weighted by Crippen LogP contribution is 2.22. The van der Waals surface area contributed by atoms with Crippen LogP contribution in [0.2, 0.25) is 0 Å². The molecular weight excluding hydrogens is 268 g/mol. The van der Waals surface area contributed by atoms with Crippen LogP contribution in [0.25, 0.3) is 0 Å². The standard InChI is InChI=1S/C15H22N4S/c1-5-6-16-13(14-9-17-10(2)8-18-14)7-15-19-11(3)12(4)20-15/h8-9,13,16H,5-7H2,1-4H3. The summed E-state index contributed by atoms with van der Waals surface area (Å²) >= 11 is 1.77. The topological polar surface area (TPSA) is 50.7 Å². The normalized spacial score (nSPS) is 12.6. The molecule has 0 saturated carbocycles. The third-order valence-corrected chi connectivity index (χ3v) is 4.35. The van der Waals surface area contributed by atoms with E-state index in [4.69, 9.17) is 0 Å². The molecule has 0 aliphatic carbocycles. The van der Waals surface area contributed by atoms with E-state index in [9.17, 15) is 0 Å². The summed E-state index contributed by atoms with van der Waals surface area (Å²) < 4.78 is 0. The van der Waals surface area contributed by atoms with Crippen LogP contribution in [-0.2, 0) is 6.42 Å². The Labute approximate surface area is 124 Å². The SMILES string of the molecule is CCCNC(Cc1nc(C)c(C)s1)c1cnc(C)cn1. The highest BCUT2D eigenvalue weighted by molar-refractivity contribution is 7.11. The third kappa shape index (κ3) is 3.84. The minimum atomic E-state index is 0.188. The molecule has 1 atom stereocenters. The summed E-state index contributed by atoms with van der Waals surface area (Å²) in [4.78, 5) is 14.8. The molecule has 0 spiro atoms. The maximum absolute atomic E-state index is 4.63. The molecule has 0 aromatic carbocycles.